The fourth-order valence-electron chi connectivity index (χ4n) is 7.03. The van der Waals surface area contributed by atoms with E-state index in [0.717, 1.165) is 51.4 Å². The molecular formula is C53H95O10P. The van der Waals surface area contributed by atoms with Gasteiger partial charge < -0.3 is 24.6 Å². The van der Waals surface area contributed by atoms with Gasteiger partial charge in [-0.25, -0.2) is 4.57 Å². The second kappa shape index (κ2) is 48.6. The summed E-state index contributed by atoms with van der Waals surface area (Å²) in [6.45, 7) is 2.23. The Bertz CT molecular complexity index is 1250. The van der Waals surface area contributed by atoms with Crippen LogP contribution in [0.4, 0.5) is 0 Å². The zero-order valence-electron chi connectivity index (χ0n) is 40.7. The van der Waals surface area contributed by atoms with Crippen LogP contribution >= 0.6 is 7.82 Å². The Labute approximate surface area is 391 Å². The number of allylic oxidation sites excluding steroid dienone is 10. The van der Waals surface area contributed by atoms with Crippen LogP contribution in [-0.2, 0) is 32.7 Å². The zero-order valence-corrected chi connectivity index (χ0v) is 41.6. The van der Waals surface area contributed by atoms with E-state index in [0.29, 0.717) is 19.3 Å². The molecule has 3 N–H and O–H groups in total. The minimum absolute atomic E-state index is 0.105. The van der Waals surface area contributed by atoms with Gasteiger partial charge in [-0.1, -0.05) is 222 Å². The third kappa shape index (κ3) is 47.6. The van der Waals surface area contributed by atoms with Crippen LogP contribution in [0.2, 0.25) is 0 Å². The molecule has 0 aromatic rings. The standard InChI is InChI=1S/C53H95O10P/c1-3-5-7-9-11-13-15-17-19-21-22-23-24-25-26-27-29-30-32-34-36-38-40-42-44-52(56)60-48-51(49-62-64(58,59)61-47-50(55)46-54)63-53(57)45-43-41-39-37-35-33-31-28-20-18-16-14-12-10-8-6-4-2/h6,8,12,14,18,20,31,33,37,39,50-51,54-55H,3-5,7,9-11,13,15-17,19,21-30,32,34-36,38,40-49H2,1-2H3,(H,58,59)/b8-6-,14-12-,20-18-,33-31-,39-37-. The first-order valence-corrected chi connectivity index (χ1v) is 27.2. The quantitative estimate of drug-likeness (QED) is 0.0233. The molecule has 0 aliphatic rings. The maximum Gasteiger partial charge on any atom is 0.472 e. The van der Waals surface area contributed by atoms with E-state index >= 15 is 0 Å². The van der Waals surface area contributed by atoms with Crippen molar-refractivity contribution >= 4 is 19.8 Å². The first kappa shape index (κ1) is 61.7. The summed E-state index contributed by atoms with van der Waals surface area (Å²) in [5.41, 5.74) is 0. The summed E-state index contributed by atoms with van der Waals surface area (Å²) >= 11 is 0. The molecule has 0 aliphatic carbocycles. The molecule has 0 saturated carbocycles. The van der Waals surface area contributed by atoms with Gasteiger partial charge in [-0.2, -0.15) is 0 Å². The number of phosphoric ester groups is 1. The number of rotatable bonds is 48. The molecule has 372 valence electrons. The molecule has 0 aromatic heterocycles. The lowest BCUT2D eigenvalue weighted by atomic mass is 10.0. The number of carbonyl (C=O) groups is 2. The lowest BCUT2D eigenvalue weighted by Gasteiger charge is -2.20. The van der Waals surface area contributed by atoms with E-state index in [1.165, 1.54) is 128 Å². The summed E-state index contributed by atoms with van der Waals surface area (Å²) < 4.78 is 32.8. The van der Waals surface area contributed by atoms with Crippen molar-refractivity contribution in [2.75, 3.05) is 26.4 Å². The SMILES string of the molecule is CC/C=C\C/C=C\C/C=C\C/C=C\C/C=C\CCCC(=O)OC(COC(=O)CCCCCCCCCCCCCCCCCCCCCCCCCC)COP(=O)(O)OCC(O)CO. The fourth-order valence-corrected chi connectivity index (χ4v) is 7.82. The largest absolute Gasteiger partial charge is 0.472 e. The van der Waals surface area contributed by atoms with Crippen LogP contribution < -0.4 is 0 Å². The van der Waals surface area contributed by atoms with Gasteiger partial charge in [-0.05, 0) is 51.4 Å². The van der Waals surface area contributed by atoms with Gasteiger partial charge in [-0.15, -0.1) is 0 Å². The zero-order chi connectivity index (χ0) is 46.9. The van der Waals surface area contributed by atoms with Crippen LogP contribution in [0.25, 0.3) is 0 Å². The van der Waals surface area contributed by atoms with Crippen molar-refractivity contribution < 1.29 is 47.8 Å². The molecule has 0 radical (unpaired) electrons. The molecule has 0 rings (SSSR count). The lowest BCUT2D eigenvalue weighted by Crippen LogP contribution is -2.29. The summed E-state index contributed by atoms with van der Waals surface area (Å²) in [6, 6.07) is 0. The Balaban J connectivity index is 4.18. The van der Waals surface area contributed by atoms with Crippen LogP contribution in [0.3, 0.4) is 0 Å². The second-order valence-electron chi connectivity index (χ2n) is 17.2. The Morgan fingerprint density at radius 1 is 0.484 bits per heavy atom. The van der Waals surface area contributed by atoms with E-state index in [9.17, 15) is 24.2 Å². The number of esters is 2. The minimum Gasteiger partial charge on any atom is -0.462 e. The van der Waals surface area contributed by atoms with Gasteiger partial charge in [0.2, 0.25) is 0 Å². The van der Waals surface area contributed by atoms with Crippen molar-refractivity contribution in [1.82, 2.24) is 0 Å². The Morgan fingerprint density at radius 2 is 0.859 bits per heavy atom. The Morgan fingerprint density at radius 3 is 1.28 bits per heavy atom. The van der Waals surface area contributed by atoms with E-state index in [-0.39, 0.29) is 19.4 Å². The van der Waals surface area contributed by atoms with E-state index < -0.39 is 51.8 Å². The maximum absolute atomic E-state index is 12.6. The summed E-state index contributed by atoms with van der Waals surface area (Å²) in [6.07, 6.45) is 56.4. The molecule has 0 aromatic carbocycles. The van der Waals surface area contributed by atoms with Gasteiger partial charge in [-0.3, -0.25) is 18.6 Å². The Hall–Kier alpha value is -2.33. The summed E-state index contributed by atoms with van der Waals surface area (Å²) in [4.78, 5) is 35.1. The topological polar surface area (TPSA) is 149 Å². The molecule has 11 heteroatoms. The fraction of sp³-hybridized carbons (Fsp3) is 0.774. The number of ether oxygens (including phenoxy) is 2. The first-order chi connectivity index (χ1) is 31.2. The van der Waals surface area contributed by atoms with Crippen LogP contribution in [0, 0.1) is 0 Å². The van der Waals surface area contributed by atoms with E-state index in [4.69, 9.17) is 23.6 Å². The Kier molecular flexibility index (Phi) is 46.8. The van der Waals surface area contributed by atoms with Gasteiger partial charge in [0.25, 0.3) is 0 Å². The summed E-state index contributed by atoms with van der Waals surface area (Å²) in [5, 5.41) is 18.4. The predicted octanol–water partition coefficient (Wildman–Crippen LogP) is 14.6. The van der Waals surface area contributed by atoms with Gasteiger partial charge >= 0.3 is 19.8 Å². The van der Waals surface area contributed by atoms with Gasteiger partial charge in [0, 0.05) is 12.8 Å². The van der Waals surface area contributed by atoms with Crippen molar-refractivity contribution in [2.24, 2.45) is 0 Å². The van der Waals surface area contributed by atoms with Crippen LogP contribution in [0.15, 0.2) is 60.8 Å². The maximum atomic E-state index is 12.6. The molecule has 0 aliphatic heterocycles. The van der Waals surface area contributed by atoms with Gasteiger partial charge in [0.05, 0.1) is 19.8 Å². The number of hydrogen-bond donors (Lipinski definition) is 3. The smallest absolute Gasteiger partial charge is 0.462 e. The highest BCUT2D eigenvalue weighted by Gasteiger charge is 2.27. The average Bonchev–Trinajstić information content (AvgIpc) is 3.28. The third-order valence-electron chi connectivity index (χ3n) is 10.9. The van der Waals surface area contributed by atoms with Crippen molar-refractivity contribution in [1.29, 1.82) is 0 Å². The van der Waals surface area contributed by atoms with Gasteiger partial charge in [0.15, 0.2) is 6.10 Å². The number of aliphatic hydroxyl groups excluding tert-OH is 2. The molecule has 10 nitrogen and oxygen atoms in total. The summed E-state index contributed by atoms with van der Waals surface area (Å²) in [7, 11) is -4.64. The van der Waals surface area contributed by atoms with Crippen molar-refractivity contribution in [3.63, 3.8) is 0 Å². The minimum atomic E-state index is -4.64. The molecule has 0 saturated heterocycles. The van der Waals surface area contributed by atoms with Gasteiger partial charge in [0.1, 0.15) is 12.7 Å². The number of unbranched alkanes of at least 4 members (excludes halogenated alkanes) is 24. The van der Waals surface area contributed by atoms with Crippen molar-refractivity contribution in [2.45, 2.75) is 238 Å². The number of hydrogen-bond acceptors (Lipinski definition) is 9. The van der Waals surface area contributed by atoms with E-state index in [1.807, 2.05) is 12.2 Å². The number of aliphatic hydroxyl groups is 2. The third-order valence-corrected chi connectivity index (χ3v) is 11.9. The molecule has 3 atom stereocenters. The van der Waals surface area contributed by atoms with Crippen LogP contribution in [0.5, 0.6) is 0 Å². The highest BCUT2D eigenvalue weighted by atomic mass is 31.2. The molecule has 0 amide bonds. The van der Waals surface area contributed by atoms with E-state index in [2.05, 4.69) is 62.5 Å². The molecule has 3 unspecified atom stereocenters. The van der Waals surface area contributed by atoms with Crippen LogP contribution in [0.1, 0.15) is 226 Å². The van der Waals surface area contributed by atoms with Crippen LogP contribution in [-0.4, -0.2) is 65.7 Å². The molecule has 0 bridgehead atoms. The number of phosphoric acid groups is 1. The van der Waals surface area contributed by atoms with Crippen molar-refractivity contribution in [3.8, 4) is 0 Å². The monoisotopic (exact) mass is 923 g/mol. The predicted molar refractivity (Wildman–Crippen MR) is 265 cm³/mol. The highest BCUT2D eigenvalue weighted by Crippen LogP contribution is 2.43. The molecule has 0 spiro atoms. The average molecular weight is 923 g/mol. The highest BCUT2D eigenvalue weighted by molar-refractivity contribution is 7.47. The molecule has 0 fully saturated rings. The molecule has 0 heterocycles. The molecular weight excluding hydrogens is 828 g/mol. The number of carbonyl (C=O) groups excluding carboxylic acids is 2. The normalized spacial score (nSPS) is 14.1. The second-order valence-corrected chi connectivity index (χ2v) is 18.6. The van der Waals surface area contributed by atoms with E-state index in [1.54, 1.807) is 0 Å². The molecule has 64 heavy (non-hydrogen) atoms. The lowest BCUT2D eigenvalue weighted by molar-refractivity contribution is -0.161. The summed E-state index contributed by atoms with van der Waals surface area (Å²) in [5.74, 6) is -0.987. The van der Waals surface area contributed by atoms with Crippen molar-refractivity contribution in [3.05, 3.63) is 60.8 Å². The first-order valence-electron chi connectivity index (χ1n) is 25.7.